The summed E-state index contributed by atoms with van der Waals surface area (Å²) in [7, 11) is 0. The second kappa shape index (κ2) is 4.14. The van der Waals surface area contributed by atoms with E-state index < -0.39 is 5.97 Å². The third-order valence-electron chi connectivity index (χ3n) is 2.36. The van der Waals surface area contributed by atoms with E-state index in [2.05, 4.69) is 5.32 Å². The summed E-state index contributed by atoms with van der Waals surface area (Å²) in [5.74, 6) is -1.06. The smallest absolute Gasteiger partial charge is 0.335 e. The minimum atomic E-state index is -1.07. The van der Waals surface area contributed by atoms with Crippen LogP contribution in [0.1, 0.15) is 23.2 Å². The van der Waals surface area contributed by atoms with E-state index in [1.165, 1.54) is 18.2 Å². The average Bonchev–Trinajstić information content (AvgIpc) is 2.99. The molecule has 5 heteroatoms. The van der Waals surface area contributed by atoms with Crippen LogP contribution in [0.15, 0.2) is 18.2 Å². The highest BCUT2D eigenvalue weighted by Crippen LogP contribution is 2.30. The summed E-state index contributed by atoms with van der Waals surface area (Å²) in [6.07, 6.45) is 1.80. The van der Waals surface area contributed by atoms with Gasteiger partial charge in [-0.25, -0.2) is 4.79 Å². The van der Waals surface area contributed by atoms with Crippen LogP contribution in [0.5, 0.6) is 0 Å². The van der Waals surface area contributed by atoms with Crippen molar-refractivity contribution in [1.29, 1.82) is 0 Å². The van der Waals surface area contributed by atoms with Gasteiger partial charge in [0.05, 0.1) is 5.56 Å². The highest BCUT2D eigenvalue weighted by Gasteiger charge is 2.29. The van der Waals surface area contributed by atoms with E-state index in [9.17, 15) is 9.59 Å². The van der Waals surface area contributed by atoms with Gasteiger partial charge in [0.25, 0.3) is 0 Å². The van der Waals surface area contributed by atoms with Gasteiger partial charge in [0.2, 0.25) is 5.91 Å². The number of halogens is 1. The molecule has 0 aromatic heterocycles. The molecule has 16 heavy (non-hydrogen) atoms. The topological polar surface area (TPSA) is 66.4 Å². The van der Waals surface area contributed by atoms with Crippen molar-refractivity contribution < 1.29 is 14.7 Å². The molecule has 2 N–H and O–H groups in total. The van der Waals surface area contributed by atoms with Crippen LogP contribution in [0.2, 0.25) is 5.02 Å². The second-order valence-corrected chi connectivity index (χ2v) is 4.23. The molecule has 0 saturated heterocycles. The lowest BCUT2D eigenvalue weighted by molar-refractivity contribution is -0.117. The van der Waals surface area contributed by atoms with Crippen molar-refractivity contribution in [2.75, 3.05) is 5.32 Å². The molecular weight excluding hydrogens is 230 g/mol. The lowest BCUT2D eigenvalue weighted by atomic mass is 10.2. The number of carbonyl (C=O) groups excluding carboxylic acids is 1. The summed E-state index contributed by atoms with van der Waals surface area (Å²) < 4.78 is 0. The molecule has 1 saturated carbocycles. The molecule has 1 aliphatic rings. The number of rotatable bonds is 3. The predicted octanol–water partition coefficient (Wildman–Crippen LogP) is 2.39. The molecule has 2 rings (SSSR count). The fourth-order valence-electron chi connectivity index (χ4n) is 1.38. The Labute approximate surface area is 97.2 Å². The molecule has 0 spiro atoms. The van der Waals surface area contributed by atoms with Crippen molar-refractivity contribution in [3.8, 4) is 0 Å². The summed E-state index contributed by atoms with van der Waals surface area (Å²) in [5, 5.41) is 11.8. The van der Waals surface area contributed by atoms with Gasteiger partial charge in [0.1, 0.15) is 0 Å². The maximum Gasteiger partial charge on any atom is 0.335 e. The van der Waals surface area contributed by atoms with Crippen molar-refractivity contribution in [2.24, 2.45) is 5.92 Å². The molecule has 0 unspecified atom stereocenters. The van der Waals surface area contributed by atoms with Crippen molar-refractivity contribution in [3.05, 3.63) is 28.8 Å². The molecule has 1 aromatic carbocycles. The number of amides is 1. The lowest BCUT2D eigenvalue weighted by Crippen LogP contribution is -2.13. The Morgan fingerprint density at radius 2 is 2.00 bits per heavy atom. The average molecular weight is 240 g/mol. The minimum Gasteiger partial charge on any atom is -0.478 e. The largest absolute Gasteiger partial charge is 0.478 e. The highest BCUT2D eigenvalue weighted by molar-refractivity contribution is 6.31. The lowest BCUT2D eigenvalue weighted by Gasteiger charge is -2.05. The summed E-state index contributed by atoms with van der Waals surface area (Å²) >= 11 is 5.76. The van der Waals surface area contributed by atoms with Crippen LogP contribution in [0, 0.1) is 5.92 Å². The summed E-state index contributed by atoms with van der Waals surface area (Å²) in [6.45, 7) is 0. The summed E-state index contributed by atoms with van der Waals surface area (Å²) in [6, 6.07) is 4.28. The Kier molecular flexibility index (Phi) is 2.83. The number of carboxylic acids is 1. The van der Waals surface area contributed by atoms with Crippen LogP contribution in [0.25, 0.3) is 0 Å². The van der Waals surface area contributed by atoms with Crippen LogP contribution in [0.4, 0.5) is 5.69 Å². The van der Waals surface area contributed by atoms with Gasteiger partial charge in [-0.1, -0.05) is 11.6 Å². The van der Waals surface area contributed by atoms with Gasteiger partial charge in [0.15, 0.2) is 0 Å². The Bertz CT molecular complexity index is 455. The fourth-order valence-corrected chi connectivity index (χ4v) is 1.61. The molecule has 0 atom stereocenters. The molecular formula is C11H10ClNO3. The van der Waals surface area contributed by atoms with Crippen LogP contribution in [0.3, 0.4) is 0 Å². The first-order valence-electron chi connectivity index (χ1n) is 4.91. The van der Waals surface area contributed by atoms with Crippen LogP contribution in [-0.4, -0.2) is 17.0 Å². The van der Waals surface area contributed by atoms with Gasteiger partial charge in [-0.05, 0) is 31.0 Å². The van der Waals surface area contributed by atoms with Crippen molar-refractivity contribution in [2.45, 2.75) is 12.8 Å². The molecule has 0 heterocycles. The van der Waals surface area contributed by atoms with Gasteiger partial charge in [-0.3, -0.25) is 4.79 Å². The van der Waals surface area contributed by atoms with E-state index in [4.69, 9.17) is 16.7 Å². The third-order valence-corrected chi connectivity index (χ3v) is 2.58. The van der Waals surface area contributed by atoms with Gasteiger partial charge in [-0.15, -0.1) is 0 Å². The zero-order valence-electron chi connectivity index (χ0n) is 8.37. The first-order valence-corrected chi connectivity index (χ1v) is 5.29. The maximum atomic E-state index is 11.5. The third kappa shape index (κ3) is 2.52. The number of benzene rings is 1. The molecule has 1 fully saturated rings. The number of nitrogens with one attached hydrogen (secondary N) is 1. The van der Waals surface area contributed by atoms with Gasteiger partial charge < -0.3 is 10.4 Å². The van der Waals surface area contributed by atoms with Gasteiger partial charge >= 0.3 is 5.97 Å². The highest BCUT2D eigenvalue weighted by atomic mass is 35.5. The number of hydrogen-bond donors (Lipinski definition) is 2. The van der Waals surface area contributed by atoms with Crippen LogP contribution < -0.4 is 5.32 Å². The fraction of sp³-hybridized carbons (Fsp3) is 0.273. The zero-order chi connectivity index (χ0) is 11.7. The number of carbonyl (C=O) groups is 2. The van der Waals surface area contributed by atoms with E-state index in [-0.39, 0.29) is 17.4 Å². The van der Waals surface area contributed by atoms with E-state index >= 15 is 0 Å². The van der Waals surface area contributed by atoms with Crippen molar-refractivity contribution >= 4 is 29.2 Å². The SMILES string of the molecule is O=C(O)c1cc(Cl)cc(NC(=O)C2CC2)c1. The normalized spacial score (nSPS) is 14.6. The Balaban J connectivity index is 2.19. The predicted molar refractivity (Wildman–Crippen MR) is 59.8 cm³/mol. The molecule has 1 amide bonds. The standard InChI is InChI=1S/C11H10ClNO3/c12-8-3-7(11(15)16)4-9(5-8)13-10(14)6-1-2-6/h3-6H,1-2H2,(H,13,14)(H,15,16). The molecule has 0 aliphatic heterocycles. The maximum absolute atomic E-state index is 11.5. The van der Waals surface area contributed by atoms with Gasteiger partial charge in [-0.2, -0.15) is 0 Å². The first kappa shape index (κ1) is 11.0. The van der Waals surface area contributed by atoms with Crippen LogP contribution in [-0.2, 0) is 4.79 Å². The molecule has 1 aromatic rings. The molecule has 4 nitrogen and oxygen atoms in total. The van der Waals surface area contributed by atoms with Crippen molar-refractivity contribution in [1.82, 2.24) is 0 Å². The van der Waals surface area contributed by atoms with E-state index in [1.54, 1.807) is 0 Å². The summed E-state index contributed by atoms with van der Waals surface area (Å²) in [5.41, 5.74) is 0.500. The van der Waals surface area contributed by atoms with E-state index in [1.807, 2.05) is 0 Å². The zero-order valence-corrected chi connectivity index (χ0v) is 9.12. The summed E-state index contributed by atoms with van der Waals surface area (Å²) in [4.78, 5) is 22.2. The second-order valence-electron chi connectivity index (χ2n) is 3.80. The Morgan fingerprint density at radius 3 is 2.56 bits per heavy atom. The minimum absolute atomic E-state index is 0.0681. The molecule has 0 radical (unpaired) electrons. The Morgan fingerprint density at radius 1 is 1.31 bits per heavy atom. The quantitative estimate of drug-likeness (QED) is 0.851. The number of aromatic carboxylic acids is 1. The monoisotopic (exact) mass is 239 g/mol. The molecule has 0 bridgehead atoms. The van der Waals surface area contributed by atoms with Crippen LogP contribution >= 0.6 is 11.6 Å². The van der Waals surface area contributed by atoms with E-state index in [0.29, 0.717) is 10.7 Å². The van der Waals surface area contributed by atoms with E-state index in [0.717, 1.165) is 12.8 Å². The first-order chi connectivity index (χ1) is 7.56. The number of carboxylic acid groups (broad SMARTS) is 1. The number of anilines is 1. The molecule has 84 valence electrons. The van der Waals surface area contributed by atoms with Gasteiger partial charge in [0, 0.05) is 16.6 Å². The number of hydrogen-bond acceptors (Lipinski definition) is 2. The molecule has 1 aliphatic carbocycles. The van der Waals surface area contributed by atoms with Crippen molar-refractivity contribution in [3.63, 3.8) is 0 Å². The Hall–Kier alpha value is -1.55.